The van der Waals surface area contributed by atoms with Crippen molar-refractivity contribution in [3.63, 3.8) is 0 Å². The van der Waals surface area contributed by atoms with Crippen molar-refractivity contribution in [2.75, 3.05) is 26.1 Å². The van der Waals surface area contributed by atoms with Crippen LogP contribution in [0, 0.1) is 11.5 Å². The predicted octanol–water partition coefficient (Wildman–Crippen LogP) is 4.28. The van der Waals surface area contributed by atoms with Gasteiger partial charge in [-0.05, 0) is 38.0 Å². The summed E-state index contributed by atoms with van der Waals surface area (Å²) in [5.41, 5.74) is 1.38. The Morgan fingerprint density at radius 3 is 1.80 bits per heavy atom. The van der Waals surface area contributed by atoms with Gasteiger partial charge in [0.2, 0.25) is 6.19 Å². The topological polar surface area (TPSA) is 148 Å². The van der Waals surface area contributed by atoms with Gasteiger partial charge in [0.25, 0.3) is 0 Å². The third-order valence-electron chi connectivity index (χ3n) is 4.76. The molecule has 0 bridgehead atoms. The first-order valence-electron chi connectivity index (χ1n) is 12.2. The van der Waals surface area contributed by atoms with Gasteiger partial charge in [-0.25, -0.2) is 24.0 Å². The molecule has 0 aromatic carbocycles. The van der Waals surface area contributed by atoms with Crippen LogP contribution in [0.25, 0.3) is 0 Å². The first-order valence-corrected chi connectivity index (χ1v) is 16.5. The Kier molecular flexibility index (Phi) is 29.1. The maximum Gasteiger partial charge on any atom is 1.00 e. The minimum atomic E-state index is -2.57. The molecule has 46 heavy (non-hydrogen) atoms. The van der Waals surface area contributed by atoms with E-state index in [1.165, 1.54) is 62.1 Å². The molecule has 3 aromatic heterocycles. The van der Waals surface area contributed by atoms with E-state index in [1.54, 1.807) is 6.92 Å². The Balaban J connectivity index is -0.000000267. The van der Waals surface area contributed by atoms with Crippen molar-refractivity contribution in [2.24, 2.45) is 4.36 Å². The predicted molar refractivity (Wildman–Crippen MR) is 188 cm³/mol. The second-order valence-electron chi connectivity index (χ2n) is 8.18. The Morgan fingerprint density at radius 2 is 1.43 bits per heavy atom. The molecule has 250 valence electrons. The summed E-state index contributed by atoms with van der Waals surface area (Å²) in [5, 5.41) is 18.9. The number of esters is 1. The molecule has 0 spiro atoms. The molecule has 4 heterocycles. The molecule has 3 aromatic rings. The van der Waals surface area contributed by atoms with Crippen molar-refractivity contribution in [3.05, 3.63) is 84.0 Å². The first-order chi connectivity index (χ1) is 20.3. The molecular weight excluding hydrogens is 753 g/mol. The second-order valence-corrected chi connectivity index (χ2v) is 13.0. The number of pyridine rings is 3. The van der Waals surface area contributed by atoms with E-state index in [-0.39, 0.29) is 78.3 Å². The van der Waals surface area contributed by atoms with E-state index >= 15 is 0 Å². The molecule has 0 radical (unpaired) electrons. The van der Waals surface area contributed by atoms with Gasteiger partial charge >= 0.3 is 24.8 Å². The molecule has 0 saturated carbocycles. The average molecular weight is 788 g/mol. The van der Waals surface area contributed by atoms with Gasteiger partial charge in [-0.2, -0.15) is 5.26 Å². The van der Waals surface area contributed by atoms with Crippen molar-refractivity contribution >= 4 is 103 Å². The minimum Gasteiger partial charge on any atom is -1.00 e. The SMILES string of the molecule is C.C1CCOC1.CCOC(=O)c1cnc(Cl)cc1Cl.CS(=O)(Cc1cnc(Cl)cc1Cl)=NC#N.OCc1cnc(Cl)cc1Cl.[AlH3].[H-].[Li+]. The van der Waals surface area contributed by atoms with Gasteiger partial charge in [0.1, 0.15) is 15.5 Å². The number of carbonyl (C=O) groups excluding carboxylic acids is 1. The van der Waals surface area contributed by atoms with Crippen LogP contribution in [-0.4, -0.2) is 73.7 Å². The van der Waals surface area contributed by atoms with Crippen molar-refractivity contribution in [2.45, 2.75) is 39.6 Å². The second kappa shape index (κ2) is 27.0. The third-order valence-corrected chi connectivity index (χ3v) is 7.71. The third kappa shape index (κ3) is 20.5. The van der Waals surface area contributed by atoms with Gasteiger partial charge in [0.05, 0.1) is 44.3 Å². The fourth-order valence-electron chi connectivity index (χ4n) is 2.78. The van der Waals surface area contributed by atoms with E-state index in [4.69, 9.17) is 89.4 Å². The Bertz CT molecular complexity index is 1530. The monoisotopic (exact) mass is 785 g/mol. The molecule has 1 aliphatic rings. The van der Waals surface area contributed by atoms with Gasteiger partial charge in [-0.15, -0.1) is 4.36 Å². The molecule has 1 atom stereocenters. The van der Waals surface area contributed by atoms with Crippen LogP contribution in [0.4, 0.5) is 0 Å². The molecule has 1 aliphatic heterocycles. The number of rotatable bonds is 5. The molecule has 1 unspecified atom stereocenters. The Hall–Kier alpha value is -0.850. The van der Waals surface area contributed by atoms with Gasteiger partial charge < -0.3 is 16.0 Å². The zero-order valence-corrected chi connectivity index (χ0v) is 29.3. The van der Waals surface area contributed by atoms with Crippen LogP contribution >= 0.6 is 69.6 Å². The molecule has 10 nitrogen and oxygen atoms in total. The average Bonchev–Trinajstić information content (AvgIpc) is 3.52. The summed E-state index contributed by atoms with van der Waals surface area (Å²) >= 11 is 33.9. The van der Waals surface area contributed by atoms with Gasteiger partial charge in [0, 0.05) is 54.2 Å². The van der Waals surface area contributed by atoms with Crippen LogP contribution in [0.3, 0.4) is 0 Å². The normalized spacial score (nSPS) is 12.1. The zero-order chi connectivity index (χ0) is 32.4. The molecular formula is C27H35AlCl6LiN5O5S. The summed E-state index contributed by atoms with van der Waals surface area (Å²) in [4.78, 5) is 22.5. The number of ether oxygens (including phenoxy) is 2. The van der Waals surface area contributed by atoms with Crippen LogP contribution in [-0.2, 0) is 31.6 Å². The molecule has 19 heteroatoms. The smallest absolute Gasteiger partial charge is 1.00 e. The summed E-state index contributed by atoms with van der Waals surface area (Å²) < 4.78 is 24.7. The fraction of sp³-hybridized carbons (Fsp3) is 0.370. The van der Waals surface area contributed by atoms with Crippen LogP contribution in [0.1, 0.15) is 50.1 Å². The van der Waals surface area contributed by atoms with E-state index in [0.717, 1.165) is 13.2 Å². The number of hydrogen-bond acceptors (Lipinski definition) is 10. The quantitative estimate of drug-likeness (QED) is 0.173. The summed E-state index contributed by atoms with van der Waals surface area (Å²) in [6, 6.07) is 4.35. The van der Waals surface area contributed by atoms with Crippen LogP contribution in [0.5, 0.6) is 0 Å². The number of halogens is 6. The number of nitriles is 1. The summed E-state index contributed by atoms with van der Waals surface area (Å²) in [6.07, 6.45) is 9.64. The molecule has 1 fully saturated rings. The number of aliphatic hydroxyl groups is 1. The van der Waals surface area contributed by atoms with Gasteiger partial charge in [-0.3, -0.25) is 0 Å². The molecule has 1 saturated heterocycles. The zero-order valence-electron chi connectivity index (χ0n) is 24.9. The van der Waals surface area contributed by atoms with E-state index in [2.05, 4.69) is 19.3 Å². The number of nitrogens with zero attached hydrogens (tertiary/aromatic N) is 5. The maximum absolute atomic E-state index is 11.7. The van der Waals surface area contributed by atoms with E-state index in [1.807, 2.05) is 0 Å². The van der Waals surface area contributed by atoms with Crippen LogP contribution < -0.4 is 18.9 Å². The fourth-order valence-corrected chi connectivity index (χ4v) is 5.20. The van der Waals surface area contributed by atoms with Crippen molar-refractivity contribution < 1.29 is 43.9 Å². The van der Waals surface area contributed by atoms with Gasteiger partial charge in [0.15, 0.2) is 17.4 Å². The number of aliphatic hydroxyl groups excluding tert-OH is 1. The largest absolute Gasteiger partial charge is 1.00 e. The van der Waals surface area contributed by atoms with Crippen LogP contribution in [0.2, 0.25) is 30.5 Å². The Labute approximate surface area is 324 Å². The summed E-state index contributed by atoms with van der Waals surface area (Å²) in [7, 11) is -2.57. The van der Waals surface area contributed by atoms with Crippen molar-refractivity contribution in [1.29, 1.82) is 5.26 Å². The van der Waals surface area contributed by atoms with Crippen LogP contribution in [0.15, 0.2) is 41.2 Å². The van der Waals surface area contributed by atoms with Crippen molar-refractivity contribution in [3.8, 4) is 6.19 Å². The first kappa shape index (κ1) is 49.5. The molecule has 1 N–H and O–H groups in total. The summed E-state index contributed by atoms with van der Waals surface area (Å²) in [6.45, 7) is 3.91. The summed E-state index contributed by atoms with van der Waals surface area (Å²) in [5.74, 6) is -0.402. The minimum absolute atomic E-state index is 0. The Morgan fingerprint density at radius 1 is 0.978 bits per heavy atom. The maximum atomic E-state index is 11.7. The van der Waals surface area contributed by atoms with E-state index in [9.17, 15) is 9.00 Å². The van der Waals surface area contributed by atoms with Crippen molar-refractivity contribution in [1.82, 2.24) is 15.0 Å². The van der Waals surface area contributed by atoms with E-state index < -0.39 is 15.7 Å². The molecule has 4 rings (SSSR count). The number of hydrogen-bond donors (Lipinski definition) is 1. The number of aromatic nitrogens is 3. The van der Waals surface area contributed by atoms with E-state index in [0.29, 0.717) is 32.9 Å². The van der Waals surface area contributed by atoms with Gasteiger partial charge in [-0.1, -0.05) is 77.0 Å². The number of carbonyl (C=O) groups is 1. The standard InChI is InChI=1S/C8H7Cl2N3OS.C8H7Cl2NO2.C6H5Cl2NO.C4H8O.CH4.Al.Li.4H/c1-15(14,13-5-11)4-6-3-12-8(10)2-7(6)9;1-2-13-8(12)5-4-11-7(10)3-6(5)9;7-5-1-6(8)9-2-4(5)3-10;1-2-4-5-3-1;;;;;;;/h2-3H,4H2,1H3;3-4H,2H2,1H3;1-2,10H,3H2;1-4H2;1H4;;;;;;/q;;;;;;+1;;;;-1. The molecule has 0 aliphatic carbocycles. The molecule has 0 amide bonds.